The summed E-state index contributed by atoms with van der Waals surface area (Å²) in [5.41, 5.74) is 8.87. The van der Waals surface area contributed by atoms with Gasteiger partial charge in [0.1, 0.15) is 16.6 Å². The second-order valence-corrected chi connectivity index (χ2v) is 6.86. The van der Waals surface area contributed by atoms with E-state index in [4.69, 9.17) is 10.5 Å². The number of nitrogens with zero attached hydrogens (tertiary/aromatic N) is 1. The van der Waals surface area contributed by atoms with Gasteiger partial charge in [-0.1, -0.05) is 42.5 Å². The molecule has 1 unspecified atom stereocenters. The van der Waals surface area contributed by atoms with Crippen LogP contribution < -0.4 is 10.5 Å². The minimum absolute atomic E-state index is 0.209. The fraction of sp³-hybridized carbons (Fsp3) is 0.0500. The van der Waals surface area contributed by atoms with E-state index in [2.05, 4.69) is 16.5 Å². The van der Waals surface area contributed by atoms with Gasteiger partial charge in [-0.05, 0) is 46.1 Å². The van der Waals surface area contributed by atoms with E-state index in [9.17, 15) is 4.39 Å². The van der Waals surface area contributed by atoms with Gasteiger partial charge in [-0.3, -0.25) is 0 Å². The third kappa shape index (κ3) is 2.13. The van der Waals surface area contributed by atoms with Crippen LogP contribution >= 0.6 is 11.5 Å². The maximum atomic E-state index is 13.9. The summed E-state index contributed by atoms with van der Waals surface area (Å²) in [6.07, 6.45) is 0. The van der Waals surface area contributed by atoms with Crippen molar-refractivity contribution in [3.63, 3.8) is 0 Å². The summed E-state index contributed by atoms with van der Waals surface area (Å²) in [5.74, 6) is 0.777. The zero-order valence-electron chi connectivity index (χ0n) is 13.1. The first kappa shape index (κ1) is 14.4. The molecule has 1 aliphatic heterocycles. The van der Waals surface area contributed by atoms with Crippen LogP contribution in [0.3, 0.4) is 0 Å². The number of halogens is 1. The third-order valence-corrected chi connectivity index (χ3v) is 5.29. The first-order chi connectivity index (χ1) is 12.2. The van der Waals surface area contributed by atoms with Crippen molar-refractivity contribution in [2.24, 2.45) is 0 Å². The Labute approximate surface area is 147 Å². The van der Waals surface area contributed by atoms with Crippen molar-refractivity contribution in [3.8, 4) is 11.6 Å². The average molecular weight is 348 g/mol. The van der Waals surface area contributed by atoms with Crippen molar-refractivity contribution >= 4 is 27.3 Å². The van der Waals surface area contributed by atoms with Gasteiger partial charge in [0, 0.05) is 11.5 Å². The molecule has 2 N–H and O–H groups in total. The molecule has 25 heavy (non-hydrogen) atoms. The fourth-order valence-electron chi connectivity index (χ4n) is 3.56. The van der Waals surface area contributed by atoms with Crippen LogP contribution in [0.1, 0.15) is 22.6 Å². The van der Waals surface area contributed by atoms with E-state index >= 15 is 0 Å². The SMILES string of the molecule is Nc1snc2c1C(c1cccc(F)c1)c1c(ccc3ccccc13)O2. The van der Waals surface area contributed by atoms with Crippen LogP contribution in [-0.2, 0) is 0 Å². The van der Waals surface area contributed by atoms with Crippen molar-refractivity contribution in [2.45, 2.75) is 5.92 Å². The molecule has 0 bridgehead atoms. The molecule has 0 spiro atoms. The molecule has 1 aliphatic rings. The summed E-state index contributed by atoms with van der Waals surface area (Å²) in [4.78, 5) is 0. The Bertz CT molecular complexity index is 1120. The Morgan fingerprint density at radius 2 is 1.88 bits per heavy atom. The van der Waals surface area contributed by atoms with Crippen molar-refractivity contribution in [1.29, 1.82) is 0 Å². The topological polar surface area (TPSA) is 48.1 Å². The molecular weight excluding hydrogens is 335 g/mol. The number of fused-ring (bicyclic) bond motifs is 4. The highest BCUT2D eigenvalue weighted by Crippen LogP contribution is 2.52. The summed E-state index contributed by atoms with van der Waals surface area (Å²) < 4.78 is 24.3. The Morgan fingerprint density at radius 3 is 2.76 bits per heavy atom. The lowest BCUT2D eigenvalue weighted by Gasteiger charge is -2.27. The van der Waals surface area contributed by atoms with Crippen LogP contribution in [0.15, 0.2) is 60.7 Å². The number of nitrogen functional groups attached to an aromatic ring is 1. The number of rotatable bonds is 1. The highest BCUT2D eigenvalue weighted by atomic mass is 32.1. The van der Waals surface area contributed by atoms with Crippen molar-refractivity contribution in [1.82, 2.24) is 4.37 Å². The molecule has 122 valence electrons. The smallest absolute Gasteiger partial charge is 0.237 e. The molecule has 1 atom stereocenters. The molecule has 0 saturated heterocycles. The van der Waals surface area contributed by atoms with Crippen molar-refractivity contribution in [2.75, 3.05) is 5.73 Å². The van der Waals surface area contributed by atoms with Gasteiger partial charge in [0.25, 0.3) is 0 Å². The fourth-order valence-corrected chi connectivity index (χ4v) is 4.18. The van der Waals surface area contributed by atoms with E-state index in [1.807, 2.05) is 30.3 Å². The Kier molecular flexibility index (Phi) is 3.05. The summed E-state index contributed by atoms with van der Waals surface area (Å²) in [6, 6.07) is 18.7. The Balaban J connectivity index is 1.88. The van der Waals surface area contributed by atoms with Crippen LogP contribution in [0, 0.1) is 5.82 Å². The summed E-state index contributed by atoms with van der Waals surface area (Å²) in [5, 5.41) is 2.78. The lowest BCUT2D eigenvalue weighted by Crippen LogP contribution is -2.13. The van der Waals surface area contributed by atoms with Gasteiger partial charge >= 0.3 is 0 Å². The predicted octanol–water partition coefficient (Wildman–Crippen LogP) is 5.30. The van der Waals surface area contributed by atoms with Gasteiger partial charge < -0.3 is 10.5 Å². The van der Waals surface area contributed by atoms with Gasteiger partial charge in [0.05, 0.1) is 5.56 Å². The molecule has 1 aromatic heterocycles. The van der Waals surface area contributed by atoms with Crippen LogP contribution in [0.2, 0.25) is 0 Å². The predicted molar refractivity (Wildman–Crippen MR) is 97.9 cm³/mol. The van der Waals surface area contributed by atoms with E-state index in [1.165, 1.54) is 17.6 Å². The zero-order valence-corrected chi connectivity index (χ0v) is 13.9. The normalized spacial score (nSPS) is 15.5. The average Bonchev–Trinajstić information content (AvgIpc) is 3.00. The number of hydrogen-bond acceptors (Lipinski definition) is 4. The van der Waals surface area contributed by atoms with Gasteiger partial charge in [0.15, 0.2) is 0 Å². The molecule has 0 amide bonds. The molecule has 3 nitrogen and oxygen atoms in total. The number of aromatic nitrogens is 1. The van der Waals surface area contributed by atoms with Gasteiger partial charge in [-0.2, -0.15) is 4.37 Å². The van der Waals surface area contributed by atoms with Gasteiger partial charge in [-0.25, -0.2) is 4.39 Å². The monoisotopic (exact) mass is 348 g/mol. The number of nitrogens with two attached hydrogens (primary N) is 1. The molecule has 0 radical (unpaired) electrons. The minimum Gasteiger partial charge on any atom is -0.437 e. The molecule has 5 rings (SSSR count). The first-order valence-electron chi connectivity index (χ1n) is 7.92. The second kappa shape index (κ2) is 5.29. The van der Waals surface area contributed by atoms with E-state index in [1.54, 1.807) is 12.1 Å². The summed E-state index contributed by atoms with van der Waals surface area (Å²) in [6.45, 7) is 0. The lowest BCUT2D eigenvalue weighted by molar-refractivity contribution is 0.442. The molecule has 3 aromatic carbocycles. The van der Waals surface area contributed by atoms with Crippen molar-refractivity contribution < 1.29 is 9.13 Å². The molecule has 2 heterocycles. The van der Waals surface area contributed by atoms with E-state index in [-0.39, 0.29) is 11.7 Å². The molecule has 0 fully saturated rings. The van der Waals surface area contributed by atoms with Crippen LogP contribution in [0.4, 0.5) is 9.39 Å². The van der Waals surface area contributed by atoms with Crippen LogP contribution in [0.25, 0.3) is 10.8 Å². The van der Waals surface area contributed by atoms with E-state index in [0.717, 1.165) is 33.2 Å². The molecule has 5 heteroatoms. The summed E-state index contributed by atoms with van der Waals surface area (Å²) >= 11 is 1.21. The quantitative estimate of drug-likeness (QED) is 0.447. The molecule has 0 aliphatic carbocycles. The van der Waals surface area contributed by atoms with Gasteiger partial charge in [0.2, 0.25) is 5.88 Å². The number of hydrogen-bond donors (Lipinski definition) is 1. The van der Waals surface area contributed by atoms with E-state index in [0.29, 0.717) is 10.9 Å². The maximum Gasteiger partial charge on any atom is 0.237 e. The van der Waals surface area contributed by atoms with E-state index < -0.39 is 0 Å². The number of benzene rings is 3. The zero-order chi connectivity index (χ0) is 17.0. The third-order valence-electron chi connectivity index (χ3n) is 4.62. The molecular formula is C20H13FN2OS. The minimum atomic E-state index is -0.269. The molecule has 4 aromatic rings. The number of ether oxygens (including phenoxy) is 1. The highest BCUT2D eigenvalue weighted by molar-refractivity contribution is 7.10. The van der Waals surface area contributed by atoms with Crippen LogP contribution in [0.5, 0.6) is 11.6 Å². The largest absolute Gasteiger partial charge is 0.437 e. The number of anilines is 1. The highest BCUT2D eigenvalue weighted by Gasteiger charge is 2.34. The Hall–Kier alpha value is -2.92. The van der Waals surface area contributed by atoms with Crippen LogP contribution in [-0.4, -0.2) is 4.37 Å². The lowest BCUT2D eigenvalue weighted by atomic mass is 9.81. The summed E-state index contributed by atoms with van der Waals surface area (Å²) in [7, 11) is 0. The Morgan fingerprint density at radius 1 is 1.00 bits per heavy atom. The standard InChI is InChI=1S/C20H13FN2OS/c21-13-6-3-5-12(10-13)16-17-14-7-2-1-4-11(14)8-9-15(17)24-20-18(16)19(22)25-23-20/h1-10,16H,22H2. The van der Waals surface area contributed by atoms with Gasteiger partial charge in [-0.15, -0.1) is 0 Å². The molecule has 0 saturated carbocycles. The second-order valence-electron chi connectivity index (χ2n) is 6.05. The first-order valence-corrected chi connectivity index (χ1v) is 8.70. The maximum absolute atomic E-state index is 13.9. The van der Waals surface area contributed by atoms with Crippen molar-refractivity contribution in [3.05, 3.63) is 83.2 Å².